The van der Waals surface area contributed by atoms with E-state index in [0.29, 0.717) is 19.3 Å². The molecule has 0 spiro atoms. The summed E-state index contributed by atoms with van der Waals surface area (Å²) < 4.78 is 6.26. The first-order chi connectivity index (χ1) is 7.74. The fraction of sp³-hybridized carbons (Fsp3) is 0.500. The summed E-state index contributed by atoms with van der Waals surface area (Å²) >= 11 is 3.41. The Kier molecular flexibility index (Phi) is 6.64. The second-order valence-corrected chi connectivity index (χ2v) is 4.48. The normalized spacial score (nSPS) is 12.7. The van der Waals surface area contributed by atoms with Crippen LogP contribution in [-0.4, -0.2) is 31.5 Å². The molecule has 0 radical (unpaired) electrons. The Balaban J connectivity index is 2.24. The van der Waals surface area contributed by atoms with Gasteiger partial charge in [0.2, 0.25) is 0 Å². The van der Waals surface area contributed by atoms with Crippen molar-refractivity contribution in [2.24, 2.45) is 0 Å². The number of hydrogen-bond donors (Lipinski definition) is 2. The first kappa shape index (κ1) is 13.6. The van der Waals surface area contributed by atoms with Crippen LogP contribution >= 0.6 is 15.9 Å². The molecule has 0 saturated heterocycles. The molecule has 1 rings (SSSR count). The highest BCUT2D eigenvalue weighted by molar-refractivity contribution is 9.10. The van der Waals surface area contributed by atoms with Crippen LogP contribution in [0.5, 0.6) is 0 Å². The van der Waals surface area contributed by atoms with Gasteiger partial charge in [0, 0.05) is 17.1 Å². The minimum Gasteiger partial charge on any atom is -0.394 e. The first-order valence-corrected chi connectivity index (χ1v) is 6.21. The fourth-order valence-corrected chi connectivity index (χ4v) is 1.65. The van der Waals surface area contributed by atoms with Crippen LogP contribution in [0.25, 0.3) is 0 Å². The Hall–Kier alpha value is -0.420. The van der Waals surface area contributed by atoms with Gasteiger partial charge in [-0.25, -0.2) is 0 Å². The van der Waals surface area contributed by atoms with Gasteiger partial charge in [0.05, 0.1) is 19.8 Å². The lowest BCUT2D eigenvalue weighted by Crippen LogP contribution is -2.23. The van der Waals surface area contributed by atoms with Gasteiger partial charge in [0.25, 0.3) is 0 Å². The standard InChI is InChI=1S/C12H18BrNO2/c1-10(14-6-8-16-9-7-15)11-2-4-12(13)5-3-11/h2-5,10,14-15H,6-9H2,1H3/t10-/m0/s1. The molecule has 90 valence electrons. The van der Waals surface area contributed by atoms with Gasteiger partial charge in [0.15, 0.2) is 0 Å². The van der Waals surface area contributed by atoms with Crippen molar-refractivity contribution in [3.05, 3.63) is 34.3 Å². The highest BCUT2D eigenvalue weighted by Crippen LogP contribution is 2.16. The van der Waals surface area contributed by atoms with Crippen molar-refractivity contribution in [2.75, 3.05) is 26.4 Å². The lowest BCUT2D eigenvalue weighted by Gasteiger charge is -2.14. The third-order valence-electron chi connectivity index (χ3n) is 2.30. The molecule has 0 heterocycles. The van der Waals surface area contributed by atoms with Crippen LogP contribution in [0, 0.1) is 0 Å². The molecule has 1 atom stereocenters. The molecule has 2 N–H and O–H groups in total. The van der Waals surface area contributed by atoms with E-state index in [9.17, 15) is 0 Å². The Morgan fingerprint density at radius 3 is 2.62 bits per heavy atom. The lowest BCUT2D eigenvalue weighted by molar-refractivity contribution is 0.0928. The molecule has 0 bridgehead atoms. The summed E-state index contributed by atoms with van der Waals surface area (Å²) in [7, 11) is 0. The van der Waals surface area contributed by atoms with Gasteiger partial charge >= 0.3 is 0 Å². The topological polar surface area (TPSA) is 41.5 Å². The van der Waals surface area contributed by atoms with E-state index in [4.69, 9.17) is 9.84 Å². The SMILES string of the molecule is C[C@H](NCCOCCO)c1ccc(Br)cc1. The maximum absolute atomic E-state index is 8.53. The quantitative estimate of drug-likeness (QED) is 0.755. The maximum Gasteiger partial charge on any atom is 0.0698 e. The van der Waals surface area contributed by atoms with Crippen molar-refractivity contribution in [3.63, 3.8) is 0 Å². The van der Waals surface area contributed by atoms with E-state index in [0.717, 1.165) is 11.0 Å². The molecule has 0 aromatic heterocycles. The number of rotatable bonds is 7. The van der Waals surface area contributed by atoms with Gasteiger partial charge in [-0.1, -0.05) is 28.1 Å². The number of aliphatic hydroxyl groups excluding tert-OH is 1. The second kappa shape index (κ2) is 7.79. The highest BCUT2D eigenvalue weighted by atomic mass is 79.9. The molecule has 0 aliphatic heterocycles. The van der Waals surface area contributed by atoms with Crippen LogP contribution in [0.3, 0.4) is 0 Å². The average Bonchev–Trinajstić information content (AvgIpc) is 2.29. The van der Waals surface area contributed by atoms with Crippen LogP contribution in [0.15, 0.2) is 28.7 Å². The number of ether oxygens (including phenoxy) is 1. The Bertz CT molecular complexity index is 290. The van der Waals surface area contributed by atoms with Crippen LogP contribution in [0.1, 0.15) is 18.5 Å². The minimum atomic E-state index is 0.0856. The molecule has 16 heavy (non-hydrogen) atoms. The van der Waals surface area contributed by atoms with Gasteiger partial charge in [-0.05, 0) is 24.6 Å². The van der Waals surface area contributed by atoms with Crippen molar-refractivity contribution in [1.82, 2.24) is 5.32 Å². The molecule has 0 saturated carbocycles. The van der Waals surface area contributed by atoms with E-state index in [1.54, 1.807) is 0 Å². The summed E-state index contributed by atoms with van der Waals surface area (Å²) in [5.74, 6) is 0. The van der Waals surface area contributed by atoms with Crippen molar-refractivity contribution in [1.29, 1.82) is 0 Å². The van der Waals surface area contributed by atoms with Crippen LogP contribution in [0.2, 0.25) is 0 Å². The number of nitrogens with one attached hydrogen (secondary N) is 1. The maximum atomic E-state index is 8.53. The molecular weight excluding hydrogens is 270 g/mol. The molecule has 1 aromatic rings. The van der Waals surface area contributed by atoms with Crippen molar-refractivity contribution in [2.45, 2.75) is 13.0 Å². The zero-order chi connectivity index (χ0) is 11.8. The smallest absolute Gasteiger partial charge is 0.0698 e. The van der Waals surface area contributed by atoms with E-state index in [-0.39, 0.29) is 6.61 Å². The van der Waals surface area contributed by atoms with Crippen LogP contribution in [0.4, 0.5) is 0 Å². The van der Waals surface area contributed by atoms with E-state index < -0.39 is 0 Å². The molecular formula is C12H18BrNO2. The molecule has 0 aliphatic carbocycles. The summed E-state index contributed by atoms with van der Waals surface area (Å²) in [5, 5.41) is 11.9. The lowest BCUT2D eigenvalue weighted by atomic mass is 10.1. The summed E-state index contributed by atoms with van der Waals surface area (Å²) in [6, 6.07) is 8.57. The van der Waals surface area contributed by atoms with Crippen LogP contribution < -0.4 is 5.32 Å². The highest BCUT2D eigenvalue weighted by Gasteiger charge is 2.03. The summed E-state index contributed by atoms with van der Waals surface area (Å²) in [5.41, 5.74) is 1.25. The molecule has 4 heteroatoms. The fourth-order valence-electron chi connectivity index (χ4n) is 1.38. The zero-order valence-corrected chi connectivity index (χ0v) is 11.0. The van der Waals surface area contributed by atoms with E-state index in [1.807, 2.05) is 12.1 Å². The second-order valence-electron chi connectivity index (χ2n) is 3.56. The van der Waals surface area contributed by atoms with Crippen molar-refractivity contribution < 1.29 is 9.84 Å². The molecule has 0 fully saturated rings. The Morgan fingerprint density at radius 2 is 2.00 bits per heavy atom. The summed E-state index contributed by atoms with van der Waals surface area (Å²) in [4.78, 5) is 0. The summed E-state index contributed by atoms with van der Waals surface area (Å²) in [6.45, 7) is 4.03. The van der Waals surface area contributed by atoms with Gasteiger partial charge in [-0.3, -0.25) is 0 Å². The molecule has 1 aromatic carbocycles. The monoisotopic (exact) mass is 287 g/mol. The molecule has 0 aliphatic rings. The Morgan fingerprint density at radius 1 is 1.31 bits per heavy atom. The Labute approximate surface area is 105 Å². The molecule has 3 nitrogen and oxygen atoms in total. The summed E-state index contributed by atoms with van der Waals surface area (Å²) in [6.07, 6.45) is 0. The third-order valence-corrected chi connectivity index (χ3v) is 2.83. The molecule has 0 amide bonds. The van der Waals surface area contributed by atoms with E-state index in [2.05, 4.69) is 40.3 Å². The average molecular weight is 288 g/mol. The minimum absolute atomic E-state index is 0.0856. The zero-order valence-electron chi connectivity index (χ0n) is 9.45. The first-order valence-electron chi connectivity index (χ1n) is 5.41. The van der Waals surface area contributed by atoms with E-state index >= 15 is 0 Å². The van der Waals surface area contributed by atoms with Gasteiger partial charge in [-0.15, -0.1) is 0 Å². The van der Waals surface area contributed by atoms with Gasteiger partial charge in [0.1, 0.15) is 0 Å². The molecule has 0 unspecified atom stereocenters. The number of halogens is 1. The predicted octanol–water partition coefficient (Wildman–Crippen LogP) is 2.11. The number of benzene rings is 1. The van der Waals surface area contributed by atoms with Gasteiger partial charge < -0.3 is 15.2 Å². The van der Waals surface area contributed by atoms with Crippen molar-refractivity contribution >= 4 is 15.9 Å². The van der Waals surface area contributed by atoms with Crippen molar-refractivity contribution in [3.8, 4) is 0 Å². The number of hydrogen-bond acceptors (Lipinski definition) is 3. The van der Waals surface area contributed by atoms with Gasteiger partial charge in [-0.2, -0.15) is 0 Å². The third kappa shape index (κ3) is 5.07. The van der Waals surface area contributed by atoms with E-state index in [1.165, 1.54) is 5.56 Å². The van der Waals surface area contributed by atoms with Crippen LogP contribution in [-0.2, 0) is 4.74 Å². The number of aliphatic hydroxyl groups is 1. The predicted molar refractivity (Wildman–Crippen MR) is 68.5 cm³/mol. The largest absolute Gasteiger partial charge is 0.394 e.